The Morgan fingerprint density at radius 1 is 1.05 bits per heavy atom. The van der Waals surface area contributed by atoms with Gasteiger partial charge in [0.25, 0.3) is 0 Å². The maximum Gasteiger partial charge on any atom is 0.0748 e. The highest BCUT2D eigenvalue weighted by atomic mass is 35.5. The van der Waals surface area contributed by atoms with Crippen molar-refractivity contribution < 1.29 is 0 Å². The third kappa shape index (κ3) is 4.10. The van der Waals surface area contributed by atoms with Crippen LogP contribution in [0.5, 0.6) is 0 Å². The average Bonchev–Trinajstić information content (AvgIpc) is 2.45. The van der Waals surface area contributed by atoms with Gasteiger partial charge in [-0.25, -0.2) is 0 Å². The molecular formula is C17H19ClN2. The molecule has 0 fully saturated rings. The third-order valence-electron chi connectivity index (χ3n) is 2.89. The van der Waals surface area contributed by atoms with Gasteiger partial charge < -0.3 is 0 Å². The van der Waals surface area contributed by atoms with E-state index < -0.39 is 0 Å². The Hall–Kier alpha value is -1.80. The molecule has 0 spiro atoms. The highest BCUT2D eigenvalue weighted by Gasteiger charge is 2.06. The van der Waals surface area contributed by atoms with Gasteiger partial charge in [-0.1, -0.05) is 67.9 Å². The summed E-state index contributed by atoms with van der Waals surface area (Å²) in [4.78, 5) is 0. The number of halogens is 1. The SMILES string of the molecule is CC(C)C/C(=N/Nc1ccccc1Cl)c1ccccc1. The van der Waals surface area contributed by atoms with Crippen LogP contribution in [0.15, 0.2) is 59.7 Å². The number of benzene rings is 2. The lowest BCUT2D eigenvalue weighted by atomic mass is 10.0. The van der Waals surface area contributed by atoms with Crippen molar-refractivity contribution in [3.8, 4) is 0 Å². The molecule has 0 saturated heterocycles. The average molecular weight is 287 g/mol. The van der Waals surface area contributed by atoms with Gasteiger partial charge in [-0.2, -0.15) is 5.10 Å². The molecular weight excluding hydrogens is 268 g/mol. The van der Waals surface area contributed by atoms with Crippen molar-refractivity contribution >= 4 is 23.0 Å². The number of anilines is 1. The van der Waals surface area contributed by atoms with Gasteiger partial charge in [0.05, 0.1) is 16.4 Å². The molecule has 0 aliphatic rings. The Kier molecular flexibility index (Phi) is 5.19. The molecule has 0 amide bonds. The summed E-state index contributed by atoms with van der Waals surface area (Å²) < 4.78 is 0. The van der Waals surface area contributed by atoms with Crippen LogP contribution >= 0.6 is 11.6 Å². The van der Waals surface area contributed by atoms with Gasteiger partial charge >= 0.3 is 0 Å². The molecule has 3 heteroatoms. The van der Waals surface area contributed by atoms with Crippen molar-refractivity contribution in [2.24, 2.45) is 11.0 Å². The van der Waals surface area contributed by atoms with Gasteiger partial charge in [0.2, 0.25) is 0 Å². The zero-order chi connectivity index (χ0) is 14.4. The Morgan fingerprint density at radius 3 is 2.35 bits per heavy atom. The number of hydrogen-bond donors (Lipinski definition) is 1. The topological polar surface area (TPSA) is 24.4 Å². The van der Waals surface area contributed by atoms with E-state index in [4.69, 9.17) is 11.6 Å². The molecule has 0 atom stereocenters. The Morgan fingerprint density at radius 2 is 1.70 bits per heavy atom. The standard InChI is InChI=1S/C17H19ClN2/c1-13(2)12-17(14-8-4-3-5-9-14)20-19-16-11-7-6-10-15(16)18/h3-11,13,19H,12H2,1-2H3/b20-17-. The summed E-state index contributed by atoms with van der Waals surface area (Å²) in [6.07, 6.45) is 0.918. The quantitative estimate of drug-likeness (QED) is 0.593. The summed E-state index contributed by atoms with van der Waals surface area (Å²) in [5.41, 5.74) is 6.08. The zero-order valence-corrected chi connectivity index (χ0v) is 12.6. The van der Waals surface area contributed by atoms with Crippen molar-refractivity contribution in [1.29, 1.82) is 0 Å². The van der Waals surface area contributed by atoms with Crippen LogP contribution in [-0.4, -0.2) is 5.71 Å². The van der Waals surface area contributed by atoms with Gasteiger partial charge in [-0.15, -0.1) is 0 Å². The highest BCUT2D eigenvalue weighted by Crippen LogP contribution is 2.21. The molecule has 0 unspecified atom stereocenters. The van der Waals surface area contributed by atoms with Crippen molar-refractivity contribution in [2.45, 2.75) is 20.3 Å². The van der Waals surface area contributed by atoms with Crippen molar-refractivity contribution in [3.05, 3.63) is 65.2 Å². The van der Waals surface area contributed by atoms with Crippen molar-refractivity contribution in [3.63, 3.8) is 0 Å². The van der Waals surface area contributed by atoms with Gasteiger partial charge in [0.1, 0.15) is 0 Å². The highest BCUT2D eigenvalue weighted by molar-refractivity contribution is 6.33. The summed E-state index contributed by atoms with van der Waals surface area (Å²) in [6, 6.07) is 17.8. The predicted octanol–water partition coefficient (Wildman–Crippen LogP) is 5.20. The molecule has 0 radical (unpaired) electrons. The lowest BCUT2D eigenvalue weighted by Crippen LogP contribution is -2.08. The molecule has 2 rings (SSSR count). The van der Waals surface area contributed by atoms with E-state index in [1.807, 2.05) is 42.5 Å². The molecule has 2 aromatic rings. The number of nitrogens with one attached hydrogen (secondary N) is 1. The first-order valence-corrected chi connectivity index (χ1v) is 7.17. The fourth-order valence-electron chi connectivity index (χ4n) is 1.92. The second-order valence-corrected chi connectivity index (χ2v) is 5.52. The van der Waals surface area contributed by atoms with Crippen LogP contribution in [-0.2, 0) is 0 Å². The molecule has 2 aromatic carbocycles. The lowest BCUT2D eigenvalue weighted by molar-refractivity contribution is 0.683. The summed E-state index contributed by atoms with van der Waals surface area (Å²) in [7, 11) is 0. The molecule has 20 heavy (non-hydrogen) atoms. The fourth-order valence-corrected chi connectivity index (χ4v) is 2.10. The van der Waals surface area contributed by atoms with Crippen LogP contribution in [0, 0.1) is 5.92 Å². The first kappa shape index (κ1) is 14.6. The number of hydrogen-bond acceptors (Lipinski definition) is 2. The number of nitrogens with zero attached hydrogens (tertiary/aromatic N) is 1. The van der Waals surface area contributed by atoms with Gasteiger partial charge in [0.15, 0.2) is 0 Å². The van der Waals surface area contributed by atoms with E-state index in [-0.39, 0.29) is 0 Å². The summed E-state index contributed by atoms with van der Waals surface area (Å²) in [6.45, 7) is 4.38. The molecule has 0 aliphatic heterocycles. The number of para-hydroxylation sites is 1. The fraction of sp³-hybridized carbons (Fsp3) is 0.235. The van der Waals surface area contributed by atoms with E-state index in [0.717, 1.165) is 23.4 Å². The largest absolute Gasteiger partial charge is 0.277 e. The lowest BCUT2D eigenvalue weighted by Gasteiger charge is -2.11. The van der Waals surface area contributed by atoms with E-state index in [1.165, 1.54) is 0 Å². The van der Waals surface area contributed by atoms with E-state index >= 15 is 0 Å². The molecule has 2 nitrogen and oxygen atoms in total. The molecule has 1 N–H and O–H groups in total. The first-order chi connectivity index (χ1) is 9.66. The minimum absolute atomic E-state index is 0.544. The smallest absolute Gasteiger partial charge is 0.0748 e. The van der Waals surface area contributed by atoms with Crippen molar-refractivity contribution in [2.75, 3.05) is 5.43 Å². The second kappa shape index (κ2) is 7.11. The van der Waals surface area contributed by atoms with Gasteiger partial charge in [-0.3, -0.25) is 5.43 Å². The van der Waals surface area contributed by atoms with E-state index in [9.17, 15) is 0 Å². The van der Waals surface area contributed by atoms with E-state index in [0.29, 0.717) is 10.9 Å². The van der Waals surface area contributed by atoms with Crippen molar-refractivity contribution in [1.82, 2.24) is 0 Å². The second-order valence-electron chi connectivity index (χ2n) is 5.11. The van der Waals surface area contributed by atoms with Gasteiger partial charge in [0, 0.05) is 0 Å². The molecule has 0 aromatic heterocycles. The summed E-state index contributed by atoms with van der Waals surface area (Å²) in [5, 5.41) is 5.22. The van der Waals surface area contributed by atoms with Crippen LogP contribution in [0.3, 0.4) is 0 Å². The van der Waals surface area contributed by atoms with Crippen LogP contribution in [0.1, 0.15) is 25.8 Å². The number of hydrazone groups is 1. The van der Waals surface area contributed by atoms with Gasteiger partial charge in [-0.05, 0) is 30.0 Å². The van der Waals surface area contributed by atoms with Crippen LogP contribution in [0.25, 0.3) is 0 Å². The van der Waals surface area contributed by atoms with Crippen LogP contribution in [0.4, 0.5) is 5.69 Å². The summed E-state index contributed by atoms with van der Waals surface area (Å²) >= 11 is 6.13. The normalized spacial score (nSPS) is 11.7. The predicted molar refractivity (Wildman–Crippen MR) is 87.5 cm³/mol. The minimum atomic E-state index is 0.544. The first-order valence-electron chi connectivity index (χ1n) is 6.79. The van der Waals surface area contributed by atoms with Crippen LogP contribution in [0.2, 0.25) is 5.02 Å². The summed E-state index contributed by atoms with van der Waals surface area (Å²) in [5.74, 6) is 0.544. The number of rotatable bonds is 5. The maximum absolute atomic E-state index is 6.13. The third-order valence-corrected chi connectivity index (χ3v) is 3.22. The minimum Gasteiger partial charge on any atom is -0.277 e. The zero-order valence-electron chi connectivity index (χ0n) is 11.8. The molecule has 0 aliphatic carbocycles. The molecule has 0 bridgehead atoms. The Labute approximate surface area is 125 Å². The molecule has 0 saturated carbocycles. The Bertz CT molecular complexity index is 577. The van der Waals surface area contributed by atoms with E-state index in [1.54, 1.807) is 0 Å². The maximum atomic E-state index is 6.13. The van der Waals surface area contributed by atoms with Crippen LogP contribution < -0.4 is 5.43 Å². The van der Waals surface area contributed by atoms with E-state index in [2.05, 4.69) is 36.5 Å². The Balaban J connectivity index is 2.23. The monoisotopic (exact) mass is 286 g/mol. The molecule has 0 heterocycles. The molecule has 104 valence electrons.